The summed E-state index contributed by atoms with van der Waals surface area (Å²) in [6.07, 6.45) is 1.01. The van der Waals surface area contributed by atoms with Gasteiger partial charge in [0.05, 0.1) is 13.3 Å². The maximum atomic E-state index is 12.3. The lowest BCUT2D eigenvalue weighted by Crippen LogP contribution is -2.54. The first kappa shape index (κ1) is 18.5. The zero-order valence-corrected chi connectivity index (χ0v) is 14.7. The van der Waals surface area contributed by atoms with Crippen LogP contribution >= 0.6 is 0 Å². The third-order valence-corrected chi connectivity index (χ3v) is 4.82. The van der Waals surface area contributed by atoms with Crippen LogP contribution in [0.25, 0.3) is 0 Å². The van der Waals surface area contributed by atoms with E-state index in [1.165, 1.54) is 19.4 Å². The number of carbonyl (C=O) groups excluding carboxylic acids is 1. The Kier molecular flexibility index (Phi) is 4.93. The van der Waals surface area contributed by atoms with Crippen molar-refractivity contribution in [2.24, 2.45) is 5.41 Å². The maximum absolute atomic E-state index is 12.3. The number of aromatic nitrogens is 2. The van der Waals surface area contributed by atoms with Gasteiger partial charge in [-0.25, -0.2) is 0 Å². The first-order valence-corrected chi connectivity index (χ1v) is 8.34. The lowest BCUT2D eigenvalue weighted by Gasteiger charge is -2.44. The highest BCUT2D eigenvalue weighted by molar-refractivity contribution is 5.89. The summed E-state index contributed by atoms with van der Waals surface area (Å²) in [5.41, 5.74) is -3.25. The van der Waals surface area contributed by atoms with Crippen molar-refractivity contribution >= 4 is 11.8 Å². The summed E-state index contributed by atoms with van der Waals surface area (Å²) in [6.45, 7) is 0. The van der Waals surface area contributed by atoms with Gasteiger partial charge in [-0.1, -0.05) is 36.3 Å². The van der Waals surface area contributed by atoms with Gasteiger partial charge < -0.3 is 14.9 Å². The molecule has 2 atom stereocenters. The van der Waals surface area contributed by atoms with Gasteiger partial charge in [-0.15, -0.1) is 5.10 Å². The van der Waals surface area contributed by atoms with E-state index in [0.717, 1.165) is 0 Å². The molecule has 1 saturated carbocycles. The third kappa shape index (κ3) is 3.27. The molecule has 3 rings (SSSR count). The van der Waals surface area contributed by atoms with Crippen molar-refractivity contribution in [1.82, 2.24) is 10.2 Å². The van der Waals surface area contributed by atoms with Gasteiger partial charge in [0.1, 0.15) is 22.8 Å². The van der Waals surface area contributed by atoms with Crippen molar-refractivity contribution in [1.29, 1.82) is 0 Å². The van der Waals surface area contributed by atoms with Crippen LogP contribution in [0, 0.1) is 17.3 Å². The minimum atomic E-state index is -1.95. The molecule has 1 aliphatic carbocycles. The zero-order valence-electron chi connectivity index (χ0n) is 14.7. The molecule has 1 aromatic carbocycles. The monoisotopic (exact) mass is 366 g/mol. The third-order valence-electron chi connectivity index (χ3n) is 4.82. The van der Waals surface area contributed by atoms with Crippen LogP contribution in [0.5, 0.6) is 5.75 Å². The summed E-state index contributed by atoms with van der Waals surface area (Å²) in [5.74, 6) is 4.33. The molecule has 0 radical (unpaired) electrons. The van der Waals surface area contributed by atoms with Crippen molar-refractivity contribution in [3.8, 4) is 17.6 Å². The van der Waals surface area contributed by atoms with Gasteiger partial charge in [0, 0.05) is 18.9 Å². The highest BCUT2D eigenvalue weighted by Crippen LogP contribution is 2.49. The maximum Gasteiger partial charge on any atom is 0.325 e. The Labute approximate surface area is 156 Å². The highest BCUT2D eigenvalue weighted by atomic mass is 16.5. The molecule has 138 valence electrons. The molecule has 7 heteroatoms. The van der Waals surface area contributed by atoms with Crippen LogP contribution in [0.2, 0.25) is 0 Å². The molecule has 1 fully saturated rings. The second-order valence-electron chi connectivity index (χ2n) is 6.38. The van der Waals surface area contributed by atoms with Crippen LogP contribution in [0.1, 0.15) is 30.5 Å². The van der Waals surface area contributed by atoms with Crippen LogP contribution in [0.15, 0.2) is 42.6 Å². The van der Waals surface area contributed by atoms with Gasteiger partial charge in [0.15, 0.2) is 5.41 Å². The number of aliphatic carboxylic acids is 1. The van der Waals surface area contributed by atoms with Gasteiger partial charge in [-0.05, 0) is 17.9 Å². The first-order valence-electron chi connectivity index (χ1n) is 8.34. The van der Waals surface area contributed by atoms with Gasteiger partial charge in [0.2, 0.25) is 0 Å². The number of methoxy groups -OCH3 is 1. The van der Waals surface area contributed by atoms with Crippen LogP contribution < -0.4 is 4.74 Å². The minimum absolute atomic E-state index is 0.0277. The van der Waals surface area contributed by atoms with Gasteiger partial charge >= 0.3 is 5.97 Å². The van der Waals surface area contributed by atoms with E-state index in [4.69, 9.17) is 4.74 Å². The van der Waals surface area contributed by atoms with Crippen molar-refractivity contribution in [3.63, 3.8) is 0 Å². The summed E-state index contributed by atoms with van der Waals surface area (Å²) in [6, 6.07) is 9.83. The topological polar surface area (TPSA) is 110 Å². The van der Waals surface area contributed by atoms with E-state index in [2.05, 4.69) is 22.0 Å². The van der Waals surface area contributed by atoms with Crippen LogP contribution in [0.3, 0.4) is 0 Å². The van der Waals surface area contributed by atoms with E-state index in [9.17, 15) is 19.8 Å². The number of carbonyl (C=O) groups is 2. The zero-order chi connectivity index (χ0) is 19.5. The molecule has 7 nitrogen and oxygen atoms in total. The number of nitrogens with zero attached hydrogens (tertiary/aromatic N) is 2. The number of hydrogen-bond donors (Lipinski definition) is 2. The average molecular weight is 366 g/mol. The van der Waals surface area contributed by atoms with E-state index in [1.807, 2.05) is 0 Å². The number of Topliss-reactive ketones (excluding diaryl/α,β-unsaturated/α-hetero) is 1. The molecule has 0 saturated heterocycles. The number of rotatable bonds is 3. The molecule has 0 bridgehead atoms. The summed E-state index contributed by atoms with van der Waals surface area (Å²) in [5, 5.41) is 29.0. The lowest BCUT2D eigenvalue weighted by molar-refractivity contribution is -0.171. The average Bonchev–Trinajstić information content (AvgIpc) is 2.68. The Morgan fingerprint density at radius 3 is 2.70 bits per heavy atom. The number of benzene rings is 1. The standard InChI is InChI=1S/C20H18N2O5/c1-27-17-11-15(22-21-13-17)7-9-19(18(24)25)10-8-16(23)12-20(19,26)14-5-3-2-4-6-14/h2-6,11,13,26H,8,10,12H2,1H3,(H,24,25)/t19-,20-/m1/s1. The number of aliphatic hydroxyl groups is 1. The van der Waals surface area contributed by atoms with E-state index in [1.54, 1.807) is 30.3 Å². The Bertz CT molecular complexity index is 934. The fraction of sp³-hybridized carbons (Fsp3) is 0.300. The molecule has 2 aromatic rings. The Morgan fingerprint density at radius 1 is 1.30 bits per heavy atom. The van der Waals surface area contributed by atoms with Gasteiger partial charge in [0.25, 0.3) is 0 Å². The van der Waals surface area contributed by atoms with Gasteiger partial charge in [-0.2, -0.15) is 5.10 Å². The van der Waals surface area contributed by atoms with Crippen LogP contribution in [-0.4, -0.2) is 39.3 Å². The number of ether oxygens (including phenoxy) is 1. The van der Waals surface area contributed by atoms with E-state index >= 15 is 0 Å². The normalized spacial score (nSPS) is 24.6. The smallest absolute Gasteiger partial charge is 0.325 e. The van der Waals surface area contributed by atoms with Crippen molar-refractivity contribution in [2.75, 3.05) is 7.11 Å². The second kappa shape index (κ2) is 7.17. The largest absolute Gasteiger partial charge is 0.495 e. The molecule has 27 heavy (non-hydrogen) atoms. The molecule has 0 amide bonds. The Hall–Kier alpha value is -3.24. The predicted octanol–water partition coefficient (Wildman–Crippen LogP) is 1.55. The predicted molar refractivity (Wildman–Crippen MR) is 94.7 cm³/mol. The summed E-state index contributed by atoms with van der Waals surface area (Å²) < 4.78 is 5.06. The summed E-state index contributed by atoms with van der Waals surface area (Å²) >= 11 is 0. The lowest BCUT2D eigenvalue weighted by atomic mass is 9.60. The van der Waals surface area contributed by atoms with Crippen molar-refractivity contribution < 1.29 is 24.5 Å². The van der Waals surface area contributed by atoms with Gasteiger partial charge in [-0.3, -0.25) is 9.59 Å². The van der Waals surface area contributed by atoms with Crippen LogP contribution in [0.4, 0.5) is 0 Å². The molecule has 0 aliphatic heterocycles. The molecule has 2 N–H and O–H groups in total. The molecular formula is C20H18N2O5. The van der Waals surface area contributed by atoms with E-state index < -0.39 is 17.0 Å². The molecular weight excluding hydrogens is 348 g/mol. The minimum Gasteiger partial charge on any atom is -0.495 e. The fourth-order valence-corrected chi connectivity index (χ4v) is 3.32. The number of ketones is 1. The van der Waals surface area contributed by atoms with E-state index in [0.29, 0.717) is 11.3 Å². The number of carboxylic acid groups (broad SMARTS) is 1. The Morgan fingerprint density at radius 2 is 2.04 bits per heavy atom. The summed E-state index contributed by atoms with van der Waals surface area (Å²) in [7, 11) is 1.47. The second-order valence-corrected chi connectivity index (χ2v) is 6.38. The Balaban J connectivity index is 2.15. The molecule has 1 aliphatic rings. The van der Waals surface area contributed by atoms with Crippen molar-refractivity contribution in [2.45, 2.75) is 24.9 Å². The molecule has 0 unspecified atom stereocenters. The SMILES string of the molecule is COc1cnnc(C#C[C@]2(C(=O)O)CCC(=O)C[C@@]2(O)c2ccccc2)c1. The summed E-state index contributed by atoms with van der Waals surface area (Å²) in [4.78, 5) is 24.4. The molecule has 0 spiro atoms. The molecule has 1 aromatic heterocycles. The van der Waals surface area contributed by atoms with Crippen LogP contribution in [-0.2, 0) is 15.2 Å². The highest BCUT2D eigenvalue weighted by Gasteiger charge is 2.59. The fourth-order valence-electron chi connectivity index (χ4n) is 3.32. The quantitative estimate of drug-likeness (QED) is 0.793. The number of carboxylic acids is 1. The number of hydrogen-bond acceptors (Lipinski definition) is 6. The first-order chi connectivity index (χ1) is 12.9. The van der Waals surface area contributed by atoms with Crippen molar-refractivity contribution in [3.05, 3.63) is 53.9 Å². The molecule has 1 heterocycles. The van der Waals surface area contributed by atoms with E-state index in [-0.39, 0.29) is 30.7 Å².